The third kappa shape index (κ3) is 1.39. The molecule has 16 heavy (non-hydrogen) atoms. The summed E-state index contributed by atoms with van der Waals surface area (Å²) in [5, 5.41) is 0.606. The minimum Gasteiger partial charge on any atom is -0.316 e. The first-order valence-electron chi connectivity index (χ1n) is 4.92. The Labute approximate surface area is 94.4 Å². The third-order valence-electron chi connectivity index (χ3n) is 2.74. The van der Waals surface area contributed by atoms with Crippen LogP contribution in [0.1, 0.15) is 11.6 Å². The van der Waals surface area contributed by atoms with Crippen LogP contribution in [0.2, 0.25) is 0 Å². The molecule has 0 saturated carbocycles. The van der Waals surface area contributed by atoms with Crippen molar-refractivity contribution in [2.24, 2.45) is 0 Å². The zero-order chi connectivity index (χ0) is 11.1. The molecule has 0 radical (unpaired) electrons. The van der Waals surface area contributed by atoms with Crippen LogP contribution in [0.3, 0.4) is 0 Å². The van der Waals surface area contributed by atoms with Crippen LogP contribution in [-0.4, -0.2) is 19.5 Å². The molecular formula is C11H9FN2OS. The highest BCUT2D eigenvalue weighted by atomic mass is 32.2. The molecule has 3 nitrogen and oxygen atoms in total. The van der Waals surface area contributed by atoms with E-state index in [-0.39, 0.29) is 11.9 Å². The fourth-order valence-electron chi connectivity index (χ4n) is 1.95. The second-order valence-electron chi connectivity index (χ2n) is 3.70. The molecule has 0 bridgehead atoms. The number of hydrogen-bond donors (Lipinski definition) is 0. The molecule has 5 heteroatoms. The standard InChI is InChI=1S/C11H9FN2OS/c12-9-3-1-8(2-4-9)10-7-16(15)11-13-5-6-14(10)11/h1-6,10H,7H2. The first-order valence-corrected chi connectivity index (χ1v) is 6.24. The topological polar surface area (TPSA) is 34.9 Å². The van der Waals surface area contributed by atoms with Crippen LogP contribution in [0, 0.1) is 5.82 Å². The molecule has 3 rings (SSSR count). The Hall–Kier alpha value is -1.49. The lowest BCUT2D eigenvalue weighted by atomic mass is 10.1. The van der Waals surface area contributed by atoms with Crippen LogP contribution in [0.15, 0.2) is 41.8 Å². The van der Waals surface area contributed by atoms with Crippen molar-refractivity contribution in [2.45, 2.75) is 11.2 Å². The lowest BCUT2D eigenvalue weighted by Crippen LogP contribution is -2.07. The van der Waals surface area contributed by atoms with E-state index in [4.69, 9.17) is 0 Å². The molecular weight excluding hydrogens is 227 g/mol. The van der Waals surface area contributed by atoms with Crippen LogP contribution in [0.4, 0.5) is 4.39 Å². The smallest absolute Gasteiger partial charge is 0.199 e. The normalized spacial score (nSPS) is 23.3. The molecule has 82 valence electrons. The summed E-state index contributed by atoms with van der Waals surface area (Å²) in [6.07, 6.45) is 3.46. The van der Waals surface area contributed by atoms with Gasteiger partial charge in [-0.05, 0) is 17.7 Å². The average Bonchev–Trinajstić information content (AvgIpc) is 2.84. The largest absolute Gasteiger partial charge is 0.316 e. The van der Waals surface area contributed by atoms with Crippen LogP contribution in [0.5, 0.6) is 0 Å². The number of hydrogen-bond acceptors (Lipinski definition) is 2. The quantitative estimate of drug-likeness (QED) is 0.755. The van der Waals surface area contributed by atoms with Crippen molar-refractivity contribution in [3.8, 4) is 0 Å². The molecule has 0 saturated heterocycles. The maximum atomic E-state index is 12.8. The molecule has 0 fully saturated rings. The molecule has 1 aromatic heterocycles. The molecule has 0 amide bonds. The molecule has 1 aliphatic rings. The molecule has 0 N–H and O–H groups in total. The minimum atomic E-state index is -1.04. The van der Waals surface area contributed by atoms with E-state index in [0.29, 0.717) is 10.9 Å². The van der Waals surface area contributed by atoms with Gasteiger partial charge in [-0.15, -0.1) is 0 Å². The lowest BCUT2D eigenvalue weighted by Gasteiger charge is -2.11. The second-order valence-corrected chi connectivity index (χ2v) is 5.09. The summed E-state index contributed by atoms with van der Waals surface area (Å²) >= 11 is 0. The van der Waals surface area contributed by atoms with Crippen LogP contribution in [0.25, 0.3) is 0 Å². The van der Waals surface area contributed by atoms with E-state index in [9.17, 15) is 8.60 Å². The van der Waals surface area contributed by atoms with Gasteiger partial charge in [0, 0.05) is 12.4 Å². The summed E-state index contributed by atoms with van der Waals surface area (Å²) in [7, 11) is -1.04. The summed E-state index contributed by atoms with van der Waals surface area (Å²) in [6.45, 7) is 0. The van der Waals surface area contributed by atoms with E-state index in [1.807, 2.05) is 10.8 Å². The van der Waals surface area contributed by atoms with Gasteiger partial charge in [0.05, 0.1) is 22.6 Å². The van der Waals surface area contributed by atoms with Crippen LogP contribution >= 0.6 is 0 Å². The highest BCUT2D eigenvalue weighted by Crippen LogP contribution is 2.29. The molecule has 2 unspecified atom stereocenters. The van der Waals surface area contributed by atoms with Gasteiger partial charge in [-0.3, -0.25) is 4.21 Å². The molecule has 0 aliphatic carbocycles. The molecule has 2 atom stereocenters. The van der Waals surface area contributed by atoms with E-state index in [1.54, 1.807) is 18.3 Å². The summed E-state index contributed by atoms with van der Waals surface area (Å²) < 4.78 is 26.4. The van der Waals surface area contributed by atoms with E-state index in [0.717, 1.165) is 5.56 Å². The van der Waals surface area contributed by atoms with Crippen LogP contribution in [-0.2, 0) is 10.8 Å². The number of aromatic nitrogens is 2. The number of rotatable bonds is 1. The maximum Gasteiger partial charge on any atom is 0.199 e. The number of nitrogens with zero attached hydrogens (tertiary/aromatic N) is 2. The first-order chi connectivity index (χ1) is 7.75. The van der Waals surface area contributed by atoms with E-state index in [1.165, 1.54) is 12.1 Å². The zero-order valence-corrected chi connectivity index (χ0v) is 9.15. The molecule has 0 spiro atoms. The number of fused-ring (bicyclic) bond motifs is 1. The van der Waals surface area contributed by atoms with Crippen molar-refractivity contribution in [2.75, 3.05) is 5.75 Å². The monoisotopic (exact) mass is 236 g/mol. The minimum absolute atomic E-state index is 0.0129. The number of benzene rings is 1. The summed E-state index contributed by atoms with van der Waals surface area (Å²) in [5.74, 6) is 0.267. The predicted octanol–water partition coefficient (Wildman–Crippen LogP) is 1.73. The summed E-state index contributed by atoms with van der Waals surface area (Å²) in [5.41, 5.74) is 0.964. The van der Waals surface area contributed by atoms with Gasteiger partial charge in [0.25, 0.3) is 0 Å². The highest BCUT2D eigenvalue weighted by Gasteiger charge is 2.29. The van der Waals surface area contributed by atoms with E-state index >= 15 is 0 Å². The Balaban J connectivity index is 2.05. The Morgan fingerprint density at radius 3 is 2.88 bits per heavy atom. The Morgan fingerprint density at radius 2 is 2.12 bits per heavy atom. The number of imidazole rings is 1. The van der Waals surface area contributed by atoms with Crippen molar-refractivity contribution in [1.82, 2.24) is 9.55 Å². The molecule has 2 aromatic rings. The van der Waals surface area contributed by atoms with Crippen molar-refractivity contribution in [3.05, 3.63) is 48.0 Å². The third-order valence-corrected chi connectivity index (χ3v) is 4.08. The van der Waals surface area contributed by atoms with Crippen molar-refractivity contribution in [3.63, 3.8) is 0 Å². The van der Waals surface area contributed by atoms with Crippen molar-refractivity contribution < 1.29 is 8.60 Å². The van der Waals surface area contributed by atoms with Gasteiger partial charge < -0.3 is 4.57 Å². The zero-order valence-electron chi connectivity index (χ0n) is 8.34. The van der Waals surface area contributed by atoms with Crippen molar-refractivity contribution in [1.29, 1.82) is 0 Å². The Bertz CT molecular complexity index is 549. The van der Waals surface area contributed by atoms with E-state index in [2.05, 4.69) is 4.98 Å². The van der Waals surface area contributed by atoms with Gasteiger partial charge in [0.15, 0.2) is 5.16 Å². The molecule has 1 aromatic carbocycles. The van der Waals surface area contributed by atoms with Gasteiger partial charge >= 0.3 is 0 Å². The van der Waals surface area contributed by atoms with Crippen LogP contribution < -0.4 is 0 Å². The number of halogens is 1. The van der Waals surface area contributed by atoms with Crippen molar-refractivity contribution >= 4 is 10.8 Å². The maximum absolute atomic E-state index is 12.8. The van der Waals surface area contributed by atoms with Gasteiger partial charge in [0.2, 0.25) is 0 Å². The highest BCUT2D eigenvalue weighted by molar-refractivity contribution is 7.85. The first kappa shape index (κ1) is 9.72. The molecule has 1 aliphatic heterocycles. The molecule has 2 heterocycles. The summed E-state index contributed by atoms with van der Waals surface area (Å²) in [4.78, 5) is 4.06. The van der Waals surface area contributed by atoms with Gasteiger partial charge in [-0.1, -0.05) is 12.1 Å². The SMILES string of the molecule is O=S1CC(c2ccc(F)cc2)n2ccnc21. The average molecular weight is 236 g/mol. The van der Waals surface area contributed by atoms with E-state index < -0.39 is 10.8 Å². The summed E-state index contributed by atoms with van der Waals surface area (Å²) in [6, 6.07) is 6.32. The lowest BCUT2D eigenvalue weighted by molar-refractivity contribution is 0.606. The fourth-order valence-corrected chi connectivity index (χ4v) is 3.34. The fraction of sp³-hybridized carbons (Fsp3) is 0.182. The Kier molecular flexibility index (Phi) is 2.14. The van der Waals surface area contributed by atoms with Gasteiger partial charge in [-0.25, -0.2) is 9.37 Å². The van der Waals surface area contributed by atoms with Gasteiger partial charge in [-0.2, -0.15) is 0 Å². The second kappa shape index (κ2) is 3.52. The predicted molar refractivity (Wildman–Crippen MR) is 58.0 cm³/mol. The Morgan fingerprint density at radius 1 is 1.38 bits per heavy atom. The van der Waals surface area contributed by atoms with Gasteiger partial charge in [0.1, 0.15) is 5.82 Å².